The lowest BCUT2D eigenvalue weighted by atomic mass is 10.2. The molecule has 5 nitrogen and oxygen atoms in total. The highest BCUT2D eigenvalue weighted by Crippen LogP contribution is 2.29. The van der Waals surface area contributed by atoms with Gasteiger partial charge in [-0.15, -0.1) is 0 Å². The zero-order valence-corrected chi connectivity index (χ0v) is 12.7. The van der Waals surface area contributed by atoms with Crippen LogP contribution in [0, 0.1) is 0 Å². The van der Waals surface area contributed by atoms with Crippen LogP contribution in [0.25, 0.3) is 0 Å². The normalized spacial score (nSPS) is 11.1. The maximum atomic E-state index is 11.6. The monoisotopic (exact) mass is 307 g/mol. The molecule has 0 spiro atoms. The summed E-state index contributed by atoms with van der Waals surface area (Å²) < 4.78 is 33.9. The SMILES string of the molecule is COc1ccc(COc2cccc(S(C)(=O)=O)c2N)cc1. The van der Waals surface area contributed by atoms with E-state index in [0.29, 0.717) is 12.4 Å². The van der Waals surface area contributed by atoms with E-state index in [1.165, 1.54) is 6.07 Å². The summed E-state index contributed by atoms with van der Waals surface area (Å²) in [4.78, 5) is 0.0785. The fraction of sp³-hybridized carbons (Fsp3) is 0.200. The van der Waals surface area contributed by atoms with Crippen molar-refractivity contribution in [1.82, 2.24) is 0 Å². The van der Waals surface area contributed by atoms with Gasteiger partial charge in [-0.3, -0.25) is 0 Å². The van der Waals surface area contributed by atoms with Gasteiger partial charge >= 0.3 is 0 Å². The number of ether oxygens (including phenoxy) is 2. The molecule has 0 atom stereocenters. The summed E-state index contributed by atoms with van der Waals surface area (Å²) in [6, 6.07) is 12.1. The zero-order chi connectivity index (χ0) is 15.5. The highest BCUT2D eigenvalue weighted by atomic mass is 32.2. The molecular formula is C15H17NO4S. The topological polar surface area (TPSA) is 78.6 Å². The van der Waals surface area contributed by atoms with E-state index in [4.69, 9.17) is 15.2 Å². The van der Waals surface area contributed by atoms with Crippen molar-refractivity contribution in [2.24, 2.45) is 0 Å². The van der Waals surface area contributed by atoms with E-state index in [0.717, 1.165) is 17.6 Å². The summed E-state index contributed by atoms with van der Waals surface area (Å²) >= 11 is 0. The van der Waals surface area contributed by atoms with E-state index < -0.39 is 9.84 Å². The third-order valence-corrected chi connectivity index (χ3v) is 4.13. The largest absolute Gasteiger partial charge is 0.497 e. The Hall–Kier alpha value is -2.21. The molecule has 6 heteroatoms. The van der Waals surface area contributed by atoms with E-state index >= 15 is 0 Å². The Balaban J connectivity index is 2.16. The molecule has 0 aliphatic heterocycles. The van der Waals surface area contributed by atoms with Crippen LogP contribution in [0.15, 0.2) is 47.4 Å². The van der Waals surface area contributed by atoms with Crippen molar-refractivity contribution in [2.75, 3.05) is 19.1 Å². The van der Waals surface area contributed by atoms with E-state index in [1.807, 2.05) is 24.3 Å². The van der Waals surface area contributed by atoms with Crippen molar-refractivity contribution >= 4 is 15.5 Å². The molecule has 0 heterocycles. The quantitative estimate of drug-likeness (QED) is 0.857. The first-order chi connectivity index (χ1) is 9.91. The van der Waals surface area contributed by atoms with Crippen molar-refractivity contribution < 1.29 is 17.9 Å². The molecule has 0 radical (unpaired) electrons. The van der Waals surface area contributed by atoms with Gasteiger partial charge < -0.3 is 15.2 Å². The van der Waals surface area contributed by atoms with Crippen LogP contribution in [-0.2, 0) is 16.4 Å². The summed E-state index contributed by atoms with van der Waals surface area (Å²) in [5.41, 5.74) is 6.92. The average Bonchev–Trinajstić information content (AvgIpc) is 2.45. The number of nitrogen functional groups attached to an aromatic ring is 1. The Morgan fingerprint density at radius 1 is 1.10 bits per heavy atom. The lowest BCUT2D eigenvalue weighted by Gasteiger charge is -2.11. The molecule has 21 heavy (non-hydrogen) atoms. The summed E-state index contributed by atoms with van der Waals surface area (Å²) in [6.45, 7) is 0.293. The second-order valence-electron chi connectivity index (χ2n) is 4.58. The van der Waals surface area contributed by atoms with Crippen LogP contribution in [-0.4, -0.2) is 21.8 Å². The number of nitrogens with two attached hydrogens (primary N) is 1. The number of sulfone groups is 1. The predicted octanol–water partition coefficient (Wildman–Crippen LogP) is 2.26. The van der Waals surface area contributed by atoms with Crippen molar-refractivity contribution in [3.8, 4) is 11.5 Å². The van der Waals surface area contributed by atoms with Gasteiger partial charge in [0, 0.05) is 6.26 Å². The molecule has 0 saturated heterocycles. The fourth-order valence-electron chi connectivity index (χ4n) is 1.86. The molecule has 0 aromatic heterocycles. The van der Waals surface area contributed by atoms with Gasteiger partial charge in [-0.1, -0.05) is 18.2 Å². The minimum absolute atomic E-state index is 0.0785. The number of rotatable bonds is 5. The minimum Gasteiger partial charge on any atom is -0.497 e. The average molecular weight is 307 g/mol. The molecule has 0 saturated carbocycles. The van der Waals surface area contributed by atoms with E-state index in [1.54, 1.807) is 19.2 Å². The van der Waals surface area contributed by atoms with Gasteiger partial charge in [-0.2, -0.15) is 0 Å². The second-order valence-corrected chi connectivity index (χ2v) is 6.56. The van der Waals surface area contributed by atoms with Crippen molar-refractivity contribution in [3.63, 3.8) is 0 Å². The molecule has 2 N–H and O–H groups in total. The smallest absolute Gasteiger partial charge is 0.177 e. The maximum absolute atomic E-state index is 11.6. The molecule has 0 fully saturated rings. The Morgan fingerprint density at radius 2 is 1.76 bits per heavy atom. The molecule has 0 aliphatic rings. The number of methoxy groups -OCH3 is 1. The number of hydrogen-bond acceptors (Lipinski definition) is 5. The zero-order valence-electron chi connectivity index (χ0n) is 11.9. The summed E-state index contributed by atoms with van der Waals surface area (Å²) in [5, 5.41) is 0. The predicted molar refractivity (Wildman–Crippen MR) is 81.3 cm³/mol. The van der Waals surface area contributed by atoms with Crippen LogP contribution >= 0.6 is 0 Å². The Kier molecular flexibility index (Phi) is 4.37. The molecule has 0 amide bonds. The van der Waals surface area contributed by atoms with Gasteiger partial charge in [0.15, 0.2) is 9.84 Å². The summed E-state index contributed by atoms with van der Waals surface area (Å²) in [5.74, 6) is 1.12. The van der Waals surface area contributed by atoms with Crippen LogP contribution in [0.4, 0.5) is 5.69 Å². The molecule has 0 aliphatic carbocycles. The molecule has 0 unspecified atom stereocenters. The van der Waals surface area contributed by atoms with E-state index in [-0.39, 0.29) is 10.6 Å². The molecule has 2 aromatic rings. The molecule has 0 bridgehead atoms. The minimum atomic E-state index is -3.37. The Morgan fingerprint density at radius 3 is 2.33 bits per heavy atom. The highest BCUT2D eigenvalue weighted by Gasteiger charge is 2.14. The van der Waals surface area contributed by atoms with Gasteiger partial charge in [-0.25, -0.2) is 8.42 Å². The molecule has 112 valence electrons. The van der Waals surface area contributed by atoms with Crippen molar-refractivity contribution in [3.05, 3.63) is 48.0 Å². The highest BCUT2D eigenvalue weighted by molar-refractivity contribution is 7.90. The van der Waals surface area contributed by atoms with Crippen LogP contribution in [0.1, 0.15) is 5.56 Å². The van der Waals surface area contributed by atoms with Gasteiger partial charge in [0.25, 0.3) is 0 Å². The first-order valence-corrected chi connectivity index (χ1v) is 8.15. The first-order valence-electron chi connectivity index (χ1n) is 6.26. The lowest BCUT2D eigenvalue weighted by Crippen LogP contribution is -2.05. The number of para-hydroxylation sites is 1. The summed E-state index contributed by atoms with van der Waals surface area (Å²) in [7, 11) is -1.77. The number of hydrogen-bond donors (Lipinski definition) is 1. The number of benzene rings is 2. The molecular weight excluding hydrogens is 290 g/mol. The van der Waals surface area contributed by atoms with Gasteiger partial charge in [0.1, 0.15) is 18.1 Å². The van der Waals surface area contributed by atoms with Gasteiger partial charge in [-0.05, 0) is 29.8 Å². The van der Waals surface area contributed by atoms with Crippen molar-refractivity contribution in [2.45, 2.75) is 11.5 Å². The fourth-order valence-corrected chi connectivity index (χ4v) is 2.68. The third-order valence-electron chi connectivity index (χ3n) is 2.98. The third kappa shape index (κ3) is 3.66. The van der Waals surface area contributed by atoms with Crippen molar-refractivity contribution in [1.29, 1.82) is 0 Å². The molecule has 2 aromatic carbocycles. The Labute approximate surface area is 124 Å². The van der Waals surface area contributed by atoms with E-state index in [9.17, 15) is 8.42 Å². The van der Waals surface area contributed by atoms with Crippen LogP contribution in [0.3, 0.4) is 0 Å². The Bertz CT molecular complexity index is 724. The number of anilines is 1. The first kappa shape index (κ1) is 15.2. The standard InChI is InChI=1S/C15H17NO4S/c1-19-12-8-6-11(7-9-12)10-20-13-4-3-5-14(15(13)16)21(2,17)18/h3-9H,10,16H2,1-2H3. The maximum Gasteiger partial charge on any atom is 0.177 e. The van der Waals surface area contributed by atoms with Gasteiger partial charge in [0.05, 0.1) is 17.7 Å². The molecule has 2 rings (SSSR count). The van der Waals surface area contributed by atoms with E-state index in [2.05, 4.69) is 0 Å². The second kappa shape index (κ2) is 6.05. The van der Waals surface area contributed by atoms with Crippen LogP contribution in [0.5, 0.6) is 11.5 Å². The van der Waals surface area contributed by atoms with Gasteiger partial charge in [0.2, 0.25) is 0 Å². The summed E-state index contributed by atoms with van der Waals surface area (Å²) in [6.07, 6.45) is 1.12. The van der Waals surface area contributed by atoms with Crippen LogP contribution in [0.2, 0.25) is 0 Å². The van der Waals surface area contributed by atoms with Crippen LogP contribution < -0.4 is 15.2 Å². The lowest BCUT2D eigenvalue weighted by molar-refractivity contribution is 0.307.